The summed E-state index contributed by atoms with van der Waals surface area (Å²) in [6.45, 7) is 5.21. The van der Waals surface area contributed by atoms with E-state index >= 15 is 0 Å². The molecule has 2 amide bonds. The van der Waals surface area contributed by atoms with Crippen molar-refractivity contribution < 1.29 is 14.7 Å². The molecule has 2 rings (SSSR count). The van der Waals surface area contributed by atoms with E-state index in [1.807, 2.05) is 13.8 Å². The van der Waals surface area contributed by atoms with Crippen molar-refractivity contribution in [1.29, 1.82) is 0 Å². The Morgan fingerprint density at radius 2 is 1.95 bits per heavy atom. The molecule has 0 aromatic rings. The Morgan fingerprint density at radius 3 is 2.57 bits per heavy atom. The lowest BCUT2D eigenvalue weighted by Gasteiger charge is -2.28. The number of urea groups is 1. The summed E-state index contributed by atoms with van der Waals surface area (Å²) in [6, 6.07) is -0.0583. The van der Waals surface area contributed by atoms with E-state index in [4.69, 9.17) is 0 Å². The maximum absolute atomic E-state index is 12.4. The number of rotatable bonds is 4. The minimum atomic E-state index is -0.953. The number of carbonyl (C=O) groups is 2. The molecule has 0 spiro atoms. The number of carboxylic acid groups (broad SMARTS) is 1. The largest absolute Gasteiger partial charge is 0.480 e. The van der Waals surface area contributed by atoms with Gasteiger partial charge in [-0.1, -0.05) is 20.3 Å². The van der Waals surface area contributed by atoms with Gasteiger partial charge in [-0.25, -0.2) is 9.59 Å². The van der Waals surface area contributed by atoms with Crippen LogP contribution >= 0.6 is 0 Å². The number of fused-ring (bicyclic) bond motifs is 2. The van der Waals surface area contributed by atoms with Crippen LogP contribution in [0.2, 0.25) is 0 Å². The number of likely N-dealkylation sites (N-methyl/N-ethyl adjacent to an activating group) is 1. The van der Waals surface area contributed by atoms with Gasteiger partial charge >= 0.3 is 12.0 Å². The van der Waals surface area contributed by atoms with Gasteiger partial charge in [-0.15, -0.1) is 0 Å². The fraction of sp³-hybridized carbons (Fsp3) is 0.867. The minimum absolute atomic E-state index is 0.0717. The Bertz CT molecular complexity index is 402. The molecule has 4 atom stereocenters. The number of nitrogens with zero attached hydrogens (tertiary/aromatic N) is 2. The van der Waals surface area contributed by atoms with Crippen molar-refractivity contribution in [3.05, 3.63) is 0 Å². The number of nitrogens with one attached hydrogen (secondary N) is 1. The highest BCUT2D eigenvalue weighted by Crippen LogP contribution is 2.28. The molecule has 120 valence electrons. The minimum Gasteiger partial charge on any atom is -0.480 e. The van der Waals surface area contributed by atoms with Crippen LogP contribution < -0.4 is 5.32 Å². The summed E-state index contributed by atoms with van der Waals surface area (Å²) in [4.78, 5) is 27.9. The maximum atomic E-state index is 12.4. The van der Waals surface area contributed by atoms with Crippen LogP contribution in [0.1, 0.15) is 39.5 Å². The first kappa shape index (κ1) is 16.1. The van der Waals surface area contributed by atoms with E-state index < -0.39 is 12.0 Å². The molecule has 6 heteroatoms. The first-order valence-corrected chi connectivity index (χ1v) is 7.94. The average Bonchev–Trinajstić information content (AvgIpc) is 2.68. The summed E-state index contributed by atoms with van der Waals surface area (Å²) >= 11 is 0. The van der Waals surface area contributed by atoms with Crippen LogP contribution in [0.3, 0.4) is 0 Å². The molecule has 2 aliphatic heterocycles. The van der Waals surface area contributed by atoms with Gasteiger partial charge in [0, 0.05) is 25.2 Å². The van der Waals surface area contributed by atoms with E-state index in [0.29, 0.717) is 25.2 Å². The highest BCUT2D eigenvalue weighted by Gasteiger charge is 2.37. The predicted molar refractivity (Wildman–Crippen MR) is 80.2 cm³/mol. The lowest BCUT2D eigenvalue weighted by atomic mass is 9.99. The van der Waals surface area contributed by atoms with Gasteiger partial charge in [0.25, 0.3) is 0 Å². The van der Waals surface area contributed by atoms with Crippen molar-refractivity contribution in [3.63, 3.8) is 0 Å². The molecule has 21 heavy (non-hydrogen) atoms. The predicted octanol–water partition coefficient (Wildman–Crippen LogP) is 1.36. The van der Waals surface area contributed by atoms with E-state index in [1.54, 1.807) is 4.90 Å². The van der Waals surface area contributed by atoms with E-state index in [2.05, 4.69) is 17.3 Å². The van der Waals surface area contributed by atoms with E-state index in [1.165, 1.54) is 6.42 Å². The Hall–Kier alpha value is -1.30. The van der Waals surface area contributed by atoms with Crippen LogP contribution in [0.4, 0.5) is 4.79 Å². The normalized spacial score (nSPS) is 28.8. The topological polar surface area (TPSA) is 72.9 Å². The van der Waals surface area contributed by atoms with Crippen molar-refractivity contribution in [2.45, 2.75) is 57.7 Å². The summed E-state index contributed by atoms with van der Waals surface area (Å²) < 4.78 is 0. The van der Waals surface area contributed by atoms with Crippen LogP contribution in [0.5, 0.6) is 0 Å². The molecule has 6 nitrogen and oxygen atoms in total. The number of likely N-dealkylation sites (tertiary alicyclic amines) is 1. The summed E-state index contributed by atoms with van der Waals surface area (Å²) in [5, 5.41) is 12.0. The highest BCUT2D eigenvalue weighted by molar-refractivity contribution is 5.82. The second-order valence-corrected chi connectivity index (χ2v) is 6.44. The first-order valence-electron chi connectivity index (χ1n) is 7.94. The number of hydrogen-bond donors (Lipinski definition) is 2. The smallest absolute Gasteiger partial charge is 0.326 e. The molecule has 0 aliphatic carbocycles. The third kappa shape index (κ3) is 3.48. The van der Waals surface area contributed by atoms with Gasteiger partial charge in [0.2, 0.25) is 0 Å². The van der Waals surface area contributed by atoms with E-state index in [-0.39, 0.29) is 11.9 Å². The lowest BCUT2D eigenvalue weighted by Crippen LogP contribution is -2.52. The lowest BCUT2D eigenvalue weighted by molar-refractivity contribution is -0.140. The zero-order chi connectivity index (χ0) is 15.6. The molecule has 2 fully saturated rings. The van der Waals surface area contributed by atoms with Gasteiger partial charge in [-0.3, -0.25) is 4.90 Å². The summed E-state index contributed by atoms with van der Waals surface area (Å²) in [6.07, 6.45) is 4.03. The molecule has 0 saturated carbocycles. The van der Waals surface area contributed by atoms with Gasteiger partial charge in [0.05, 0.1) is 0 Å². The second kappa shape index (κ2) is 6.64. The quantitative estimate of drug-likeness (QED) is 0.822. The van der Waals surface area contributed by atoms with E-state index in [0.717, 1.165) is 19.3 Å². The van der Waals surface area contributed by atoms with Crippen molar-refractivity contribution in [2.75, 3.05) is 20.1 Å². The van der Waals surface area contributed by atoms with Crippen LogP contribution in [0.25, 0.3) is 0 Å². The third-order valence-corrected chi connectivity index (χ3v) is 5.19. The zero-order valence-electron chi connectivity index (χ0n) is 13.2. The van der Waals surface area contributed by atoms with Gasteiger partial charge < -0.3 is 15.3 Å². The summed E-state index contributed by atoms with van der Waals surface area (Å²) in [5.74, 6) is -1.02. The van der Waals surface area contributed by atoms with Gasteiger partial charge in [0.15, 0.2) is 0 Å². The number of hydrogen-bond acceptors (Lipinski definition) is 3. The Morgan fingerprint density at radius 1 is 1.29 bits per heavy atom. The fourth-order valence-electron chi connectivity index (χ4n) is 3.40. The fourth-order valence-corrected chi connectivity index (χ4v) is 3.40. The molecule has 0 aromatic heterocycles. The average molecular weight is 297 g/mol. The van der Waals surface area contributed by atoms with Crippen LogP contribution in [-0.4, -0.2) is 65.2 Å². The van der Waals surface area contributed by atoms with Crippen LogP contribution in [0.15, 0.2) is 0 Å². The molecule has 2 saturated heterocycles. The van der Waals surface area contributed by atoms with Crippen molar-refractivity contribution in [1.82, 2.24) is 15.1 Å². The van der Waals surface area contributed by atoms with Crippen molar-refractivity contribution in [2.24, 2.45) is 5.92 Å². The molecule has 2 bridgehead atoms. The Labute approximate surface area is 126 Å². The zero-order valence-corrected chi connectivity index (χ0v) is 13.2. The van der Waals surface area contributed by atoms with Gasteiger partial charge in [0.1, 0.15) is 6.04 Å². The SMILES string of the molecule is CC[C@H](C)[C@H](NC(=O)N1CCC2CCC(C1)N2C)C(=O)O. The summed E-state index contributed by atoms with van der Waals surface area (Å²) in [5.41, 5.74) is 0. The van der Waals surface area contributed by atoms with Crippen molar-refractivity contribution >= 4 is 12.0 Å². The molecular formula is C15H27N3O3. The first-order chi connectivity index (χ1) is 9.93. The Balaban J connectivity index is 1.98. The molecular weight excluding hydrogens is 270 g/mol. The number of amides is 2. The van der Waals surface area contributed by atoms with Crippen LogP contribution in [-0.2, 0) is 4.79 Å². The van der Waals surface area contributed by atoms with Gasteiger partial charge in [-0.2, -0.15) is 0 Å². The number of carbonyl (C=O) groups excluding carboxylic acids is 1. The molecule has 0 aromatic carbocycles. The van der Waals surface area contributed by atoms with Gasteiger partial charge in [-0.05, 0) is 32.2 Å². The standard InChI is InChI=1S/C15H27N3O3/c1-4-10(2)13(14(19)20)16-15(21)18-8-7-11-5-6-12(9-18)17(11)3/h10-13H,4-9H2,1-3H3,(H,16,21)(H,19,20)/t10-,11?,12?,13-/m0/s1. The molecule has 2 aliphatic rings. The summed E-state index contributed by atoms with van der Waals surface area (Å²) in [7, 11) is 2.13. The molecule has 2 unspecified atom stereocenters. The number of aliphatic carboxylic acids is 1. The Kier molecular flexibility index (Phi) is 5.08. The third-order valence-electron chi connectivity index (χ3n) is 5.19. The highest BCUT2D eigenvalue weighted by atomic mass is 16.4. The monoisotopic (exact) mass is 297 g/mol. The number of carboxylic acids is 1. The molecule has 2 heterocycles. The van der Waals surface area contributed by atoms with Crippen LogP contribution in [0, 0.1) is 5.92 Å². The van der Waals surface area contributed by atoms with Crippen molar-refractivity contribution in [3.8, 4) is 0 Å². The molecule has 2 N–H and O–H groups in total. The molecule has 0 radical (unpaired) electrons. The van der Waals surface area contributed by atoms with E-state index in [9.17, 15) is 14.7 Å². The second-order valence-electron chi connectivity index (χ2n) is 6.44. The maximum Gasteiger partial charge on any atom is 0.326 e.